The average molecular weight is 351 g/mol. The second-order valence-electron chi connectivity index (χ2n) is 6.70. The maximum atomic E-state index is 11.9. The number of ether oxygens (including phenoxy) is 1. The number of imidazole rings is 1. The van der Waals surface area contributed by atoms with Crippen molar-refractivity contribution < 1.29 is 9.53 Å². The van der Waals surface area contributed by atoms with Gasteiger partial charge in [0.25, 0.3) is 0 Å². The van der Waals surface area contributed by atoms with Crippen LogP contribution < -0.4 is 5.32 Å². The van der Waals surface area contributed by atoms with Gasteiger partial charge in [-0.3, -0.25) is 4.79 Å². The summed E-state index contributed by atoms with van der Waals surface area (Å²) in [6.45, 7) is 6.94. The van der Waals surface area contributed by atoms with Gasteiger partial charge in [0, 0.05) is 13.7 Å². The number of carbonyl (C=O) groups is 1. The van der Waals surface area contributed by atoms with Gasteiger partial charge in [0.1, 0.15) is 12.4 Å². The molecule has 26 heavy (non-hydrogen) atoms. The third kappa shape index (κ3) is 3.78. The maximum Gasteiger partial charge on any atom is 0.246 e. The summed E-state index contributed by atoms with van der Waals surface area (Å²) in [7, 11) is 1.51. The van der Waals surface area contributed by atoms with Crippen LogP contribution in [0.15, 0.2) is 42.5 Å². The lowest BCUT2D eigenvalue weighted by atomic mass is 10.1. The Morgan fingerprint density at radius 1 is 1.23 bits per heavy atom. The molecule has 1 heterocycles. The largest absolute Gasteiger partial charge is 0.375 e. The van der Waals surface area contributed by atoms with Crippen LogP contribution in [0.5, 0.6) is 0 Å². The second kappa shape index (κ2) is 7.70. The minimum Gasteiger partial charge on any atom is -0.375 e. The molecule has 0 aliphatic carbocycles. The van der Waals surface area contributed by atoms with Crippen molar-refractivity contribution in [3.8, 4) is 0 Å². The van der Waals surface area contributed by atoms with Crippen molar-refractivity contribution in [2.24, 2.45) is 0 Å². The van der Waals surface area contributed by atoms with Gasteiger partial charge in [-0.25, -0.2) is 4.98 Å². The highest BCUT2D eigenvalue weighted by molar-refractivity contribution is 5.78. The molecule has 136 valence electrons. The van der Waals surface area contributed by atoms with Gasteiger partial charge >= 0.3 is 0 Å². The molecule has 5 nitrogen and oxygen atoms in total. The number of hydrogen-bond donors (Lipinski definition) is 1. The van der Waals surface area contributed by atoms with Crippen molar-refractivity contribution in [3.05, 3.63) is 65.0 Å². The first-order valence-electron chi connectivity index (χ1n) is 8.79. The van der Waals surface area contributed by atoms with Crippen LogP contribution in [-0.2, 0) is 16.1 Å². The van der Waals surface area contributed by atoms with E-state index >= 15 is 0 Å². The van der Waals surface area contributed by atoms with Gasteiger partial charge in [-0.1, -0.05) is 35.9 Å². The molecule has 0 aliphatic heterocycles. The van der Waals surface area contributed by atoms with Gasteiger partial charge < -0.3 is 14.6 Å². The van der Waals surface area contributed by atoms with Crippen molar-refractivity contribution >= 4 is 16.9 Å². The van der Waals surface area contributed by atoms with Gasteiger partial charge in [-0.2, -0.15) is 0 Å². The third-order valence-corrected chi connectivity index (χ3v) is 4.56. The summed E-state index contributed by atoms with van der Waals surface area (Å²) in [4.78, 5) is 16.7. The van der Waals surface area contributed by atoms with Crippen LogP contribution in [0, 0.1) is 13.8 Å². The SMILES string of the molecule is COCC(=O)N[C@H](C)c1nc2ccccc2n1Cc1cc(C)ccc1C. The zero-order valence-corrected chi connectivity index (χ0v) is 15.7. The Hall–Kier alpha value is -2.66. The molecular weight excluding hydrogens is 326 g/mol. The molecule has 3 aromatic rings. The molecule has 1 aromatic heterocycles. The van der Waals surface area contributed by atoms with Crippen molar-refractivity contribution in [1.29, 1.82) is 0 Å². The zero-order chi connectivity index (χ0) is 18.7. The molecule has 1 N–H and O–H groups in total. The maximum absolute atomic E-state index is 11.9. The van der Waals surface area contributed by atoms with Gasteiger partial charge in [-0.15, -0.1) is 0 Å². The average Bonchev–Trinajstić information content (AvgIpc) is 2.97. The fourth-order valence-corrected chi connectivity index (χ4v) is 3.21. The standard InChI is InChI=1S/C21H25N3O2/c1-14-9-10-15(2)17(11-14)12-24-19-8-6-5-7-18(19)23-21(24)16(3)22-20(25)13-26-4/h5-11,16H,12-13H2,1-4H3,(H,22,25)/t16-/m1/s1. The van der Waals surface area contributed by atoms with E-state index in [1.54, 1.807) is 0 Å². The predicted octanol–water partition coefficient (Wildman–Crippen LogP) is 3.53. The summed E-state index contributed by atoms with van der Waals surface area (Å²) >= 11 is 0. The van der Waals surface area contributed by atoms with Gasteiger partial charge in [0.15, 0.2) is 0 Å². The number of hydrogen-bond acceptors (Lipinski definition) is 3. The highest BCUT2D eigenvalue weighted by Gasteiger charge is 2.19. The normalized spacial score (nSPS) is 12.3. The highest BCUT2D eigenvalue weighted by Crippen LogP contribution is 2.23. The Balaban J connectivity index is 2.02. The fraction of sp³-hybridized carbons (Fsp3) is 0.333. The van der Waals surface area contributed by atoms with E-state index in [2.05, 4.69) is 48.0 Å². The summed E-state index contributed by atoms with van der Waals surface area (Å²) in [5.41, 5.74) is 5.73. The highest BCUT2D eigenvalue weighted by atomic mass is 16.5. The van der Waals surface area contributed by atoms with Crippen LogP contribution in [-0.4, -0.2) is 29.2 Å². The molecule has 1 amide bonds. The van der Waals surface area contributed by atoms with Gasteiger partial charge in [-0.05, 0) is 44.0 Å². The minimum atomic E-state index is -0.213. The second-order valence-corrected chi connectivity index (χ2v) is 6.70. The molecule has 0 saturated heterocycles. The number of aromatic nitrogens is 2. The summed E-state index contributed by atoms with van der Waals surface area (Å²) in [6.07, 6.45) is 0. The predicted molar refractivity (Wildman–Crippen MR) is 103 cm³/mol. The molecule has 0 spiro atoms. The Kier molecular flexibility index (Phi) is 5.38. The molecule has 0 radical (unpaired) electrons. The molecule has 0 fully saturated rings. The Morgan fingerprint density at radius 2 is 2.00 bits per heavy atom. The topological polar surface area (TPSA) is 56.1 Å². The number of rotatable bonds is 6. The lowest BCUT2D eigenvalue weighted by Gasteiger charge is -2.17. The number of para-hydroxylation sites is 2. The summed E-state index contributed by atoms with van der Waals surface area (Å²) in [5.74, 6) is 0.696. The molecule has 0 unspecified atom stereocenters. The first-order valence-corrected chi connectivity index (χ1v) is 8.79. The number of amides is 1. The Labute approximate surface area is 154 Å². The van der Waals surface area contributed by atoms with Gasteiger partial charge in [0.05, 0.1) is 17.1 Å². The van der Waals surface area contributed by atoms with E-state index < -0.39 is 0 Å². The quantitative estimate of drug-likeness (QED) is 0.739. The van der Waals surface area contributed by atoms with E-state index in [1.165, 1.54) is 23.8 Å². The Bertz CT molecular complexity index is 930. The van der Waals surface area contributed by atoms with Crippen molar-refractivity contribution in [2.45, 2.75) is 33.4 Å². The third-order valence-electron chi connectivity index (χ3n) is 4.56. The van der Waals surface area contributed by atoms with Crippen LogP contribution in [0.4, 0.5) is 0 Å². The van der Waals surface area contributed by atoms with Crippen LogP contribution in [0.2, 0.25) is 0 Å². The molecule has 1 atom stereocenters. The fourth-order valence-electron chi connectivity index (χ4n) is 3.21. The monoisotopic (exact) mass is 351 g/mol. The lowest BCUT2D eigenvalue weighted by molar-refractivity contribution is -0.125. The number of fused-ring (bicyclic) bond motifs is 1. The van der Waals surface area contributed by atoms with Gasteiger partial charge in [0.2, 0.25) is 5.91 Å². The number of carbonyl (C=O) groups excluding carboxylic acids is 1. The summed E-state index contributed by atoms with van der Waals surface area (Å²) in [5, 5.41) is 2.96. The number of methoxy groups -OCH3 is 1. The van der Waals surface area contributed by atoms with Crippen LogP contribution in [0.25, 0.3) is 11.0 Å². The van der Waals surface area contributed by atoms with Crippen molar-refractivity contribution in [3.63, 3.8) is 0 Å². The van der Waals surface area contributed by atoms with Crippen LogP contribution in [0.3, 0.4) is 0 Å². The van der Waals surface area contributed by atoms with E-state index in [4.69, 9.17) is 9.72 Å². The Morgan fingerprint density at radius 3 is 2.77 bits per heavy atom. The zero-order valence-electron chi connectivity index (χ0n) is 15.7. The molecule has 2 aromatic carbocycles. The lowest BCUT2D eigenvalue weighted by Crippen LogP contribution is -2.31. The minimum absolute atomic E-state index is 0.0432. The van der Waals surface area contributed by atoms with E-state index in [0.29, 0.717) is 6.54 Å². The smallest absolute Gasteiger partial charge is 0.246 e. The number of nitrogens with zero attached hydrogens (tertiary/aromatic N) is 2. The number of nitrogens with one attached hydrogen (secondary N) is 1. The first kappa shape index (κ1) is 18.1. The van der Waals surface area contributed by atoms with E-state index in [1.807, 2.05) is 25.1 Å². The summed E-state index contributed by atoms with van der Waals surface area (Å²) in [6, 6.07) is 14.3. The number of aryl methyl sites for hydroxylation is 2. The molecule has 0 bridgehead atoms. The number of benzene rings is 2. The van der Waals surface area contributed by atoms with E-state index in [-0.39, 0.29) is 18.6 Å². The van der Waals surface area contributed by atoms with E-state index in [0.717, 1.165) is 16.9 Å². The van der Waals surface area contributed by atoms with Crippen molar-refractivity contribution in [2.75, 3.05) is 13.7 Å². The molecular formula is C21H25N3O2. The van der Waals surface area contributed by atoms with Crippen LogP contribution in [0.1, 0.15) is 35.5 Å². The van der Waals surface area contributed by atoms with E-state index in [9.17, 15) is 4.79 Å². The summed E-state index contributed by atoms with van der Waals surface area (Å²) < 4.78 is 7.10. The first-order chi connectivity index (χ1) is 12.5. The molecule has 0 saturated carbocycles. The van der Waals surface area contributed by atoms with Crippen molar-refractivity contribution in [1.82, 2.24) is 14.9 Å². The molecule has 0 aliphatic rings. The molecule has 5 heteroatoms. The molecule has 3 rings (SSSR count). The van der Waals surface area contributed by atoms with Crippen LogP contribution >= 0.6 is 0 Å².